The van der Waals surface area contributed by atoms with Crippen molar-refractivity contribution in [1.82, 2.24) is 5.16 Å². The van der Waals surface area contributed by atoms with Gasteiger partial charge in [0.25, 0.3) is 0 Å². The predicted octanol–water partition coefficient (Wildman–Crippen LogP) is 0.305. The van der Waals surface area contributed by atoms with E-state index in [1.165, 1.54) is 0 Å². The molecule has 2 rings (SSSR count). The van der Waals surface area contributed by atoms with Gasteiger partial charge in [-0.15, -0.1) is 18.3 Å². The standard InChI is InChI=1S/C7H10NO.C7H8N.K/c1-7(2,3)6-4-5-8-9-6;1-8-7-5-3-2-4-6-7;/h4H,1-3H3;3-6,8H,1H3;/q2*-1;+1. The van der Waals surface area contributed by atoms with E-state index < -0.39 is 0 Å². The molecule has 1 heterocycles. The predicted molar refractivity (Wildman–Crippen MR) is 68.9 cm³/mol. The SMILES string of the molecule is CC(C)(C)c1c[c-]no1.CNc1cc[c-]cc1.[K+]. The van der Waals surface area contributed by atoms with E-state index in [1.54, 1.807) is 6.07 Å². The van der Waals surface area contributed by atoms with Crippen LogP contribution >= 0.6 is 0 Å². The van der Waals surface area contributed by atoms with Crippen LogP contribution in [-0.2, 0) is 5.41 Å². The van der Waals surface area contributed by atoms with Gasteiger partial charge in [-0.2, -0.15) is 24.3 Å². The minimum absolute atomic E-state index is 0. The van der Waals surface area contributed by atoms with Crippen molar-refractivity contribution < 1.29 is 55.9 Å². The van der Waals surface area contributed by atoms with Crippen LogP contribution in [0.15, 0.2) is 34.9 Å². The van der Waals surface area contributed by atoms with Crippen molar-refractivity contribution in [1.29, 1.82) is 0 Å². The molecule has 1 aromatic heterocycles. The first-order valence-electron chi connectivity index (χ1n) is 5.51. The summed E-state index contributed by atoms with van der Waals surface area (Å²) in [5, 5.41) is 6.50. The van der Waals surface area contributed by atoms with Gasteiger partial charge in [-0.1, -0.05) is 26.5 Å². The van der Waals surface area contributed by atoms with E-state index >= 15 is 0 Å². The summed E-state index contributed by atoms with van der Waals surface area (Å²) in [6.45, 7) is 6.21. The summed E-state index contributed by atoms with van der Waals surface area (Å²) < 4.78 is 4.89. The molecule has 0 saturated heterocycles. The fraction of sp³-hybridized carbons (Fsp3) is 0.357. The maximum Gasteiger partial charge on any atom is 1.00 e. The summed E-state index contributed by atoms with van der Waals surface area (Å²) in [6, 6.07) is 12.4. The van der Waals surface area contributed by atoms with Gasteiger partial charge in [0.15, 0.2) is 0 Å². The molecule has 0 unspecified atom stereocenters. The van der Waals surface area contributed by atoms with Crippen LogP contribution in [0.2, 0.25) is 0 Å². The second kappa shape index (κ2) is 8.88. The van der Waals surface area contributed by atoms with Crippen molar-refractivity contribution in [3.05, 3.63) is 48.4 Å². The fourth-order valence-electron chi connectivity index (χ4n) is 1.09. The molecule has 0 amide bonds. The topological polar surface area (TPSA) is 38.1 Å². The second-order valence-corrected chi connectivity index (χ2v) is 4.61. The Kier molecular flexibility index (Phi) is 8.81. The van der Waals surface area contributed by atoms with E-state index in [9.17, 15) is 0 Å². The van der Waals surface area contributed by atoms with E-state index in [1.807, 2.05) is 31.3 Å². The molecule has 0 aliphatic carbocycles. The van der Waals surface area contributed by atoms with Crippen LogP contribution in [0.25, 0.3) is 0 Å². The largest absolute Gasteiger partial charge is 1.00 e. The van der Waals surface area contributed by atoms with Crippen molar-refractivity contribution in [2.45, 2.75) is 26.2 Å². The Morgan fingerprint density at radius 1 is 1.22 bits per heavy atom. The molecule has 0 saturated carbocycles. The Bertz CT molecular complexity index is 407. The number of nitrogens with one attached hydrogen (secondary N) is 1. The summed E-state index contributed by atoms with van der Waals surface area (Å²) in [4.78, 5) is 0. The van der Waals surface area contributed by atoms with Gasteiger partial charge in [0.1, 0.15) is 0 Å². The van der Waals surface area contributed by atoms with Gasteiger partial charge in [0, 0.05) is 7.05 Å². The molecule has 0 fully saturated rings. The first kappa shape index (κ1) is 17.9. The number of nitrogens with zero attached hydrogens (tertiary/aromatic N) is 1. The van der Waals surface area contributed by atoms with Crippen molar-refractivity contribution in [2.24, 2.45) is 0 Å². The molecule has 1 N–H and O–H groups in total. The minimum Gasteiger partial charge on any atom is -0.470 e. The molecule has 0 aliphatic heterocycles. The maximum absolute atomic E-state index is 4.89. The Labute approximate surface area is 152 Å². The van der Waals surface area contributed by atoms with Gasteiger partial charge < -0.3 is 9.84 Å². The van der Waals surface area contributed by atoms with Crippen molar-refractivity contribution >= 4 is 5.69 Å². The van der Waals surface area contributed by atoms with Crippen LogP contribution in [0.3, 0.4) is 0 Å². The Morgan fingerprint density at radius 3 is 2.11 bits per heavy atom. The summed E-state index contributed by atoms with van der Waals surface area (Å²) in [7, 11) is 1.90. The number of rotatable bonds is 1. The molecule has 4 heteroatoms. The molecular formula is C14H18KN2O-. The second-order valence-electron chi connectivity index (χ2n) is 4.61. The van der Waals surface area contributed by atoms with Crippen LogP contribution < -0.4 is 56.7 Å². The van der Waals surface area contributed by atoms with Crippen molar-refractivity contribution in [2.75, 3.05) is 12.4 Å². The van der Waals surface area contributed by atoms with Crippen molar-refractivity contribution in [3.63, 3.8) is 0 Å². The molecule has 92 valence electrons. The Morgan fingerprint density at radius 2 is 1.83 bits per heavy atom. The number of aromatic nitrogens is 1. The summed E-state index contributed by atoms with van der Waals surface area (Å²) in [5.41, 5.74) is 1.19. The third kappa shape index (κ3) is 6.71. The maximum atomic E-state index is 4.89. The van der Waals surface area contributed by atoms with Gasteiger partial charge in [-0.25, -0.2) is 5.16 Å². The van der Waals surface area contributed by atoms with Gasteiger partial charge in [-0.3, -0.25) is 0 Å². The quantitative estimate of drug-likeness (QED) is 0.598. The molecular weight excluding hydrogens is 251 g/mol. The smallest absolute Gasteiger partial charge is 0.470 e. The molecule has 1 aromatic carbocycles. The summed E-state index contributed by atoms with van der Waals surface area (Å²) in [6.07, 6.45) is 2.62. The Balaban J connectivity index is 0.000000306. The third-order valence-corrected chi connectivity index (χ3v) is 2.14. The van der Waals surface area contributed by atoms with Gasteiger partial charge in [0.2, 0.25) is 0 Å². The average molecular weight is 269 g/mol. The zero-order valence-electron chi connectivity index (χ0n) is 11.7. The third-order valence-electron chi connectivity index (χ3n) is 2.14. The van der Waals surface area contributed by atoms with Gasteiger partial charge in [-0.05, 0) is 11.2 Å². The summed E-state index contributed by atoms with van der Waals surface area (Å²) >= 11 is 0. The molecule has 18 heavy (non-hydrogen) atoms. The van der Waals surface area contributed by atoms with E-state index in [-0.39, 0.29) is 56.8 Å². The summed E-state index contributed by atoms with van der Waals surface area (Å²) in [5.74, 6) is 0.877. The van der Waals surface area contributed by atoms with Crippen LogP contribution in [0.1, 0.15) is 26.5 Å². The van der Waals surface area contributed by atoms with E-state index in [0.717, 1.165) is 11.4 Å². The molecule has 2 aromatic rings. The van der Waals surface area contributed by atoms with Crippen molar-refractivity contribution in [3.8, 4) is 0 Å². The van der Waals surface area contributed by atoms with Crippen LogP contribution in [-0.4, -0.2) is 12.2 Å². The minimum atomic E-state index is 0. The Hall–Kier alpha value is -0.134. The fourth-order valence-corrected chi connectivity index (χ4v) is 1.09. The van der Waals surface area contributed by atoms with E-state index in [2.05, 4.69) is 43.5 Å². The van der Waals surface area contributed by atoms with Crippen LogP contribution in [0, 0.1) is 12.3 Å². The van der Waals surface area contributed by atoms with Gasteiger partial charge in [0.05, 0.1) is 0 Å². The van der Waals surface area contributed by atoms with Crippen LogP contribution in [0.4, 0.5) is 5.69 Å². The molecule has 0 bridgehead atoms. The number of hydrogen-bond donors (Lipinski definition) is 1. The number of anilines is 1. The molecule has 0 spiro atoms. The van der Waals surface area contributed by atoms with Gasteiger partial charge >= 0.3 is 51.4 Å². The monoisotopic (exact) mass is 269 g/mol. The molecule has 0 atom stereocenters. The van der Waals surface area contributed by atoms with Crippen LogP contribution in [0.5, 0.6) is 0 Å². The molecule has 0 aliphatic rings. The normalized spacial score (nSPS) is 9.78. The first-order chi connectivity index (χ1) is 8.04. The number of benzene rings is 1. The zero-order valence-corrected chi connectivity index (χ0v) is 14.9. The first-order valence-corrected chi connectivity index (χ1v) is 5.51. The molecule has 3 nitrogen and oxygen atoms in total. The zero-order chi connectivity index (χ0) is 12.7. The number of hydrogen-bond acceptors (Lipinski definition) is 3. The molecule has 0 radical (unpaired) electrons. The van der Waals surface area contributed by atoms with E-state index in [0.29, 0.717) is 0 Å². The van der Waals surface area contributed by atoms with E-state index in [4.69, 9.17) is 4.52 Å². The average Bonchev–Trinajstić information content (AvgIpc) is 2.84.